The van der Waals surface area contributed by atoms with Crippen LogP contribution < -0.4 is 4.90 Å². The van der Waals surface area contributed by atoms with Gasteiger partial charge >= 0.3 is 0 Å². The number of hydrogen-bond donors (Lipinski definition) is 0. The molecule has 0 bridgehead atoms. The van der Waals surface area contributed by atoms with Gasteiger partial charge in [0.1, 0.15) is 0 Å². The maximum atomic E-state index is 2.63. The fraction of sp³-hybridized carbons (Fsp3) is 0.120. The Labute approximate surface area is 453 Å². The Bertz CT molecular complexity index is 4230. The van der Waals surface area contributed by atoms with Gasteiger partial charge in [-0.3, -0.25) is 0 Å². The first-order chi connectivity index (χ1) is 37.5. The van der Waals surface area contributed by atoms with E-state index in [1.807, 2.05) is 0 Å². The molecule has 0 aliphatic heterocycles. The summed E-state index contributed by atoms with van der Waals surface area (Å²) < 4.78 is 2.44. The summed E-state index contributed by atoms with van der Waals surface area (Å²) in [5, 5.41) is 2.40. The number of hydrogen-bond acceptors (Lipinski definition) is 1. The summed E-state index contributed by atoms with van der Waals surface area (Å²) in [6.07, 6.45) is 0. The van der Waals surface area contributed by atoms with Crippen molar-refractivity contribution in [2.24, 2.45) is 0 Å². The van der Waals surface area contributed by atoms with Crippen LogP contribution in [-0.4, -0.2) is 4.57 Å². The van der Waals surface area contributed by atoms with E-state index in [1.165, 1.54) is 99.7 Å². The first-order valence-electron chi connectivity index (χ1n) is 27.3. The second kappa shape index (κ2) is 17.5. The van der Waals surface area contributed by atoms with Gasteiger partial charge in [0.15, 0.2) is 0 Å². The molecule has 2 nitrogen and oxygen atoms in total. The van der Waals surface area contributed by atoms with Crippen LogP contribution in [0.5, 0.6) is 0 Å². The van der Waals surface area contributed by atoms with E-state index in [0.717, 1.165) is 33.8 Å². The first kappa shape index (κ1) is 46.5. The minimum atomic E-state index is -0.580. The van der Waals surface area contributed by atoms with Crippen LogP contribution in [0.4, 0.5) is 17.1 Å². The number of anilines is 3. The minimum Gasteiger partial charge on any atom is -0.309 e. The van der Waals surface area contributed by atoms with Gasteiger partial charge in [0, 0.05) is 27.6 Å². The van der Waals surface area contributed by atoms with Crippen molar-refractivity contribution in [3.63, 3.8) is 0 Å². The molecular weight excluding hydrogens is 929 g/mol. The van der Waals surface area contributed by atoms with Crippen molar-refractivity contribution in [3.8, 4) is 61.3 Å². The molecule has 0 fully saturated rings. The third-order valence-corrected chi connectivity index (χ3v) is 16.8. The Morgan fingerprint density at radius 3 is 1.45 bits per heavy atom. The summed E-state index contributed by atoms with van der Waals surface area (Å²) in [7, 11) is 0. The number of nitrogens with zero attached hydrogens (tertiary/aromatic N) is 2. The van der Waals surface area contributed by atoms with Crippen LogP contribution >= 0.6 is 0 Å². The van der Waals surface area contributed by atoms with Crippen LogP contribution in [0, 0.1) is 0 Å². The Hall–Kier alpha value is -8.98. The second-order valence-corrected chi connectivity index (χ2v) is 23.2. The normalized spacial score (nSPS) is 13.2. The Kier molecular flexibility index (Phi) is 10.6. The molecule has 1 heterocycles. The molecule has 1 aromatic heterocycles. The van der Waals surface area contributed by atoms with Crippen LogP contribution in [0.2, 0.25) is 0 Å². The van der Waals surface area contributed by atoms with Gasteiger partial charge in [-0.15, -0.1) is 0 Å². The van der Waals surface area contributed by atoms with Crippen molar-refractivity contribution in [1.29, 1.82) is 0 Å². The molecule has 2 heteroatoms. The van der Waals surface area contributed by atoms with Crippen molar-refractivity contribution in [1.82, 2.24) is 4.57 Å². The zero-order valence-corrected chi connectivity index (χ0v) is 44.6. The van der Waals surface area contributed by atoms with Crippen molar-refractivity contribution in [2.75, 3.05) is 4.90 Å². The van der Waals surface area contributed by atoms with Gasteiger partial charge in [-0.25, -0.2) is 0 Å². The molecule has 0 saturated carbocycles. The molecular formula is C75H60N2. The molecule has 2 aliphatic carbocycles. The molecule has 0 unspecified atom stereocenters. The molecule has 14 rings (SSSR count). The smallest absolute Gasteiger partial charge is 0.0726 e. The average molecular weight is 989 g/mol. The van der Waals surface area contributed by atoms with E-state index in [2.05, 4.69) is 306 Å². The van der Waals surface area contributed by atoms with Crippen molar-refractivity contribution in [3.05, 3.63) is 288 Å². The summed E-state index contributed by atoms with van der Waals surface area (Å²) in [5.74, 6) is 0. The van der Waals surface area contributed by atoms with Gasteiger partial charge in [-0.2, -0.15) is 0 Å². The highest BCUT2D eigenvalue weighted by Gasteiger charge is 2.53. The van der Waals surface area contributed by atoms with Crippen LogP contribution in [0.25, 0.3) is 83.1 Å². The zero-order valence-electron chi connectivity index (χ0n) is 44.6. The minimum absolute atomic E-state index is 0.0552. The number of para-hydroxylation sites is 3. The van der Waals surface area contributed by atoms with E-state index in [1.54, 1.807) is 0 Å². The summed E-state index contributed by atoms with van der Waals surface area (Å²) >= 11 is 0. The van der Waals surface area contributed by atoms with Crippen molar-refractivity contribution in [2.45, 2.75) is 57.8 Å². The molecule has 0 saturated heterocycles. The number of fused-ring (bicyclic) bond motifs is 13. The van der Waals surface area contributed by atoms with E-state index in [9.17, 15) is 0 Å². The lowest BCUT2D eigenvalue weighted by molar-refractivity contribution is 0.586. The standard InChI is InChI=1S/C75H60N2/c1-73(2,3)50-43-45-57-58-46-44-51(74(4,5)6)48-65(58)75(64(57)47-50)62-36-20-17-34-60(62)71-63(75)37-23-40-68(71)77(70-42-24-41-69-72(70)61-35-19-22-39-67(61)76(69)52-27-11-8-12-28-52)66-38-21-18-33-59(66)56-32-16-15-31-55(56)54-30-14-13-29-53(54)49-25-9-7-10-26-49/h7-48H,1-6H3. The van der Waals surface area contributed by atoms with Gasteiger partial charge in [0.05, 0.1) is 33.5 Å². The lowest BCUT2D eigenvalue weighted by Crippen LogP contribution is -2.27. The maximum absolute atomic E-state index is 2.63. The zero-order chi connectivity index (χ0) is 52.2. The van der Waals surface area contributed by atoms with E-state index in [4.69, 9.17) is 0 Å². The van der Waals surface area contributed by atoms with Crippen molar-refractivity contribution >= 4 is 38.9 Å². The SMILES string of the molecule is CC(C)(C)c1ccc2c(c1)C1(c3cc(C(C)(C)C)ccc3-2)c2ccccc2-c2c(N(c3ccccc3-c3ccccc3-c3ccccc3-c3ccccc3)c3cccc4c3c3ccccc3n4-c3ccccc3)cccc21. The van der Waals surface area contributed by atoms with Crippen LogP contribution in [0.15, 0.2) is 255 Å². The molecule has 0 atom stereocenters. The van der Waals surface area contributed by atoms with Crippen LogP contribution in [0.3, 0.4) is 0 Å². The van der Waals surface area contributed by atoms with E-state index >= 15 is 0 Å². The predicted molar refractivity (Wildman–Crippen MR) is 325 cm³/mol. The summed E-state index contributed by atoms with van der Waals surface area (Å²) in [6, 6.07) is 95.8. The monoisotopic (exact) mass is 988 g/mol. The lowest BCUT2D eigenvalue weighted by Gasteiger charge is -2.34. The van der Waals surface area contributed by atoms with E-state index in [-0.39, 0.29) is 10.8 Å². The second-order valence-electron chi connectivity index (χ2n) is 23.2. The number of benzene rings is 11. The van der Waals surface area contributed by atoms with E-state index in [0.29, 0.717) is 0 Å². The molecule has 2 aliphatic rings. The average Bonchev–Trinajstić information content (AvgIpc) is 4.03. The van der Waals surface area contributed by atoms with Gasteiger partial charge in [-0.1, -0.05) is 254 Å². The van der Waals surface area contributed by atoms with Gasteiger partial charge in [-0.05, 0) is 131 Å². The maximum Gasteiger partial charge on any atom is 0.0726 e. The summed E-state index contributed by atoms with van der Waals surface area (Å²) in [6.45, 7) is 14.1. The summed E-state index contributed by atoms with van der Waals surface area (Å²) in [5.41, 5.74) is 26.4. The molecule has 0 radical (unpaired) electrons. The van der Waals surface area contributed by atoms with Gasteiger partial charge in [0.2, 0.25) is 0 Å². The Morgan fingerprint density at radius 1 is 0.325 bits per heavy atom. The first-order valence-corrected chi connectivity index (χ1v) is 27.3. The predicted octanol–water partition coefficient (Wildman–Crippen LogP) is 20.2. The van der Waals surface area contributed by atoms with Crippen molar-refractivity contribution < 1.29 is 0 Å². The number of rotatable bonds is 7. The largest absolute Gasteiger partial charge is 0.309 e. The highest BCUT2D eigenvalue weighted by molar-refractivity contribution is 6.18. The quantitative estimate of drug-likeness (QED) is 0.154. The molecule has 1 spiro atoms. The molecule has 0 amide bonds. The molecule has 77 heavy (non-hydrogen) atoms. The third kappa shape index (κ3) is 7.08. The fourth-order valence-electron chi connectivity index (χ4n) is 13.2. The van der Waals surface area contributed by atoms with Crippen LogP contribution in [-0.2, 0) is 16.2 Å². The Morgan fingerprint density at radius 2 is 0.792 bits per heavy atom. The van der Waals surface area contributed by atoms with Gasteiger partial charge in [0.25, 0.3) is 0 Å². The van der Waals surface area contributed by atoms with Crippen LogP contribution in [0.1, 0.15) is 74.9 Å². The van der Waals surface area contributed by atoms with Gasteiger partial charge < -0.3 is 9.47 Å². The third-order valence-electron chi connectivity index (χ3n) is 16.8. The number of aromatic nitrogens is 1. The fourth-order valence-corrected chi connectivity index (χ4v) is 13.2. The topological polar surface area (TPSA) is 8.17 Å². The Balaban J connectivity index is 1.11. The molecule has 370 valence electrons. The highest BCUT2D eigenvalue weighted by atomic mass is 15.2. The molecule has 0 N–H and O–H groups in total. The lowest BCUT2D eigenvalue weighted by atomic mass is 9.69. The van der Waals surface area contributed by atoms with E-state index < -0.39 is 5.41 Å². The summed E-state index contributed by atoms with van der Waals surface area (Å²) in [4.78, 5) is 2.63. The molecule has 12 aromatic rings. The highest BCUT2D eigenvalue weighted by Crippen LogP contribution is 2.66. The molecule has 11 aromatic carbocycles.